The number of amides is 2. The zero-order valence-electron chi connectivity index (χ0n) is 14.2. The second-order valence-corrected chi connectivity index (χ2v) is 5.77. The highest BCUT2D eigenvalue weighted by molar-refractivity contribution is 6.32. The van der Waals surface area contributed by atoms with Crippen LogP contribution in [-0.4, -0.2) is 24.0 Å². The molecule has 0 spiro atoms. The predicted molar refractivity (Wildman–Crippen MR) is 94.3 cm³/mol. The van der Waals surface area contributed by atoms with Crippen molar-refractivity contribution in [2.24, 2.45) is 0 Å². The van der Waals surface area contributed by atoms with E-state index in [-0.39, 0.29) is 5.75 Å². The van der Waals surface area contributed by atoms with Crippen LogP contribution < -0.4 is 20.3 Å². The Kier molecular flexibility index (Phi) is 6.80. The molecule has 0 aromatic heterocycles. The van der Waals surface area contributed by atoms with Gasteiger partial charge in [0.05, 0.1) is 5.02 Å². The van der Waals surface area contributed by atoms with Gasteiger partial charge in [-0.1, -0.05) is 35.9 Å². The molecule has 26 heavy (non-hydrogen) atoms. The molecular formula is C18H18ClFN2O4. The summed E-state index contributed by atoms with van der Waals surface area (Å²) < 4.78 is 24.2. The maximum Gasteiger partial charge on any atom is 0.279 e. The third-order valence-electron chi connectivity index (χ3n) is 3.33. The minimum atomic E-state index is -1.02. The van der Waals surface area contributed by atoms with E-state index in [4.69, 9.17) is 21.1 Å². The Morgan fingerprint density at radius 2 is 1.35 bits per heavy atom. The number of benzene rings is 2. The molecule has 0 saturated heterocycles. The second-order valence-electron chi connectivity index (χ2n) is 5.36. The molecule has 2 N–H and O–H groups in total. The van der Waals surface area contributed by atoms with Crippen LogP contribution in [0.15, 0.2) is 48.5 Å². The molecule has 0 aliphatic heterocycles. The molecule has 0 radical (unpaired) electrons. The van der Waals surface area contributed by atoms with Gasteiger partial charge in [0.1, 0.15) is 5.75 Å². The quantitative estimate of drug-likeness (QED) is 0.755. The number of halogens is 2. The molecule has 0 aliphatic carbocycles. The van der Waals surface area contributed by atoms with Gasteiger partial charge in [0, 0.05) is 0 Å². The van der Waals surface area contributed by atoms with Crippen LogP contribution in [0.1, 0.15) is 13.8 Å². The molecule has 6 nitrogen and oxygen atoms in total. The van der Waals surface area contributed by atoms with Gasteiger partial charge in [0.15, 0.2) is 23.8 Å². The van der Waals surface area contributed by atoms with Crippen LogP contribution >= 0.6 is 11.6 Å². The van der Waals surface area contributed by atoms with Gasteiger partial charge in [-0.2, -0.15) is 0 Å². The summed E-state index contributed by atoms with van der Waals surface area (Å²) in [4.78, 5) is 24.0. The fourth-order valence-electron chi connectivity index (χ4n) is 1.90. The number of hydrogen-bond donors (Lipinski definition) is 2. The first kappa shape index (κ1) is 19.5. The second kappa shape index (κ2) is 9.05. The molecule has 2 amide bonds. The molecule has 2 atom stereocenters. The van der Waals surface area contributed by atoms with E-state index in [0.717, 1.165) is 0 Å². The van der Waals surface area contributed by atoms with Crippen molar-refractivity contribution in [2.75, 3.05) is 0 Å². The Balaban J connectivity index is 1.83. The van der Waals surface area contributed by atoms with Crippen molar-refractivity contribution in [3.8, 4) is 11.5 Å². The van der Waals surface area contributed by atoms with Crippen LogP contribution in [0.4, 0.5) is 4.39 Å². The molecule has 0 unspecified atom stereocenters. The minimum absolute atomic E-state index is 0.0584. The molecule has 8 heteroatoms. The molecule has 0 bridgehead atoms. The largest absolute Gasteiger partial charge is 0.479 e. The highest BCUT2D eigenvalue weighted by atomic mass is 35.5. The Morgan fingerprint density at radius 3 is 1.88 bits per heavy atom. The lowest BCUT2D eigenvalue weighted by molar-refractivity contribution is -0.135. The molecule has 2 rings (SSSR count). The van der Waals surface area contributed by atoms with Crippen molar-refractivity contribution < 1.29 is 23.5 Å². The smallest absolute Gasteiger partial charge is 0.279 e. The number of hydrogen-bond acceptors (Lipinski definition) is 4. The van der Waals surface area contributed by atoms with Crippen LogP contribution in [0.25, 0.3) is 0 Å². The van der Waals surface area contributed by atoms with E-state index in [0.29, 0.717) is 10.8 Å². The summed E-state index contributed by atoms with van der Waals surface area (Å²) in [5.41, 5.74) is 4.43. The first-order valence-electron chi connectivity index (χ1n) is 7.80. The highest BCUT2D eigenvalue weighted by Gasteiger charge is 2.20. The number of carbonyl (C=O) groups excluding carboxylic acids is 2. The van der Waals surface area contributed by atoms with Crippen molar-refractivity contribution in [1.29, 1.82) is 0 Å². The van der Waals surface area contributed by atoms with Gasteiger partial charge in [-0.3, -0.25) is 20.4 Å². The third kappa shape index (κ3) is 5.35. The van der Waals surface area contributed by atoms with Crippen LogP contribution in [0.2, 0.25) is 5.02 Å². The molecular weight excluding hydrogens is 363 g/mol. The average Bonchev–Trinajstić information content (AvgIpc) is 2.63. The number of ether oxygens (including phenoxy) is 2. The van der Waals surface area contributed by atoms with Crippen LogP contribution in [0, 0.1) is 5.82 Å². The van der Waals surface area contributed by atoms with Gasteiger partial charge in [-0.05, 0) is 38.1 Å². The first-order valence-corrected chi connectivity index (χ1v) is 8.18. The highest BCUT2D eigenvalue weighted by Crippen LogP contribution is 2.24. The lowest BCUT2D eigenvalue weighted by Gasteiger charge is -2.18. The van der Waals surface area contributed by atoms with Crippen molar-refractivity contribution in [1.82, 2.24) is 10.9 Å². The van der Waals surface area contributed by atoms with Crippen molar-refractivity contribution in [3.05, 3.63) is 59.4 Å². The number of carbonyl (C=O) groups is 2. The Labute approximate surface area is 155 Å². The SMILES string of the molecule is C[C@H](Oc1ccccc1F)C(=O)NNC(=O)[C@H](C)Oc1ccccc1Cl. The van der Waals surface area contributed by atoms with E-state index in [1.165, 1.54) is 32.0 Å². The summed E-state index contributed by atoms with van der Waals surface area (Å²) in [5, 5.41) is 0.364. The first-order chi connectivity index (χ1) is 12.4. The lowest BCUT2D eigenvalue weighted by Crippen LogP contribution is -2.50. The summed E-state index contributed by atoms with van der Waals surface area (Å²) >= 11 is 5.96. The monoisotopic (exact) mass is 380 g/mol. The summed E-state index contributed by atoms with van der Waals surface area (Å²) in [6, 6.07) is 12.4. The van der Waals surface area contributed by atoms with Crippen molar-refractivity contribution >= 4 is 23.4 Å². The number of rotatable bonds is 6. The van der Waals surface area contributed by atoms with Crippen molar-refractivity contribution in [3.63, 3.8) is 0 Å². The van der Waals surface area contributed by atoms with E-state index >= 15 is 0 Å². The van der Waals surface area contributed by atoms with Crippen LogP contribution in [0.3, 0.4) is 0 Å². The Bertz CT molecular complexity index is 722. The van der Waals surface area contributed by atoms with E-state index in [1.807, 2.05) is 0 Å². The summed E-state index contributed by atoms with van der Waals surface area (Å²) in [7, 11) is 0. The van der Waals surface area contributed by atoms with Crippen LogP contribution in [0.5, 0.6) is 11.5 Å². The standard InChI is InChI=1S/C18H18ClFN2O4/c1-11(25-15-9-5-3-7-13(15)19)17(23)21-22-18(24)12(2)26-16-10-6-4-8-14(16)20/h3-12H,1-2H3,(H,21,23)(H,22,24)/t11-,12-/m0/s1. The number of nitrogens with one attached hydrogen (secondary N) is 2. The van der Waals surface area contributed by atoms with E-state index in [1.54, 1.807) is 30.3 Å². The molecule has 0 fully saturated rings. The summed E-state index contributed by atoms with van der Waals surface area (Å²) in [5.74, 6) is -1.53. The molecule has 2 aromatic carbocycles. The Morgan fingerprint density at radius 1 is 0.885 bits per heavy atom. The lowest BCUT2D eigenvalue weighted by atomic mass is 10.3. The topological polar surface area (TPSA) is 76.7 Å². The minimum Gasteiger partial charge on any atom is -0.479 e. The van der Waals surface area contributed by atoms with Crippen LogP contribution in [-0.2, 0) is 9.59 Å². The fourth-order valence-corrected chi connectivity index (χ4v) is 2.08. The molecule has 0 saturated carbocycles. The van der Waals surface area contributed by atoms with Gasteiger partial charge in [-0.15, -0.1) is 0 Å². The van der Waals surface area contributed by atoms with E-state index in [2.05, 4.69) is 10.9 Å². The van der Waals surface area contributed by atoms with Gasteiger partial charge in [0.25, 0.3) is 11.8 Å². The van der Waals surface area contributed by atoms with Gasteiger partial charge >= 0.3 is 0 Å². The normalized spacial score (nSPS) is 12.6. The molecule has 138 valence electrons. The van der Waals surface area contributed by atoms with Gasteiger partial charge in [-0.25, -0.2) is 4.39 Å². The summed E-state index contributed by atoms with van der Waals surface area (Å²) in [6.07, 6.45) is -1.93. The number of hydrazine groups is 1. The number of para-hydroxylation sites is 2. The van der Waals surface area contributed by atoms with E-state index in [9.17, 15) is 14.0 Å². The maximum absolute atomic E-state index is 13.5. The summed E-state index contributed by atoms with van der Waals surface area (Å²) in [6.45, 7) is 2.93. The van der Waals surface area contributed by atoms with Gasteiger partial charge < -0.3 is 9.47 Å². The average molecular weight is 381 g/mol. The molecule has 0 aliphatic rings. The third-order valence-corrected chi connectivity index (χ3v) is 3.64. The predicted octanol–water partition coefficient (Wildman–Crippen LogP) is 2.86. The maximum atomic E-state index is 13.5. The van der Waals surface area contributed by atoms with Crippen molar-refractivity contribution in [2.45, 2.75) is 26.1 Å². The molecule has 2 aromatic rings. The fraction of sp³-hybridized carbons (Fsp3) is 0.222. The zero-order valence-corrected chi connectivity index (χ0v) is 14.9. The van der Waals surface area contributed by atoms with Gasteiger partial charge in [0.2, 0.25) is 0 Å². The zero-order chi connectivity index (χ0) is 19.1. The Hall–Kier alpha value is -2.80. The molecule has 0 heterocycles. The van der Waals surface area contributed by atoms with E-state index < -0.39 is 29.8 Å².